The summed E-state index contributed by atoms with van der Waals surface area (Å²) in [5.74, 6) is 1.49. The number of nitrogens with one attached hydrogen (secondary N) is 2. The molecule has 1 atom stereocenters. The number of nitrogens with zero attached hydrogens (tertiary/aromatic N) is 2. The van der Waals surface area contributed by atoms with E-state index in [0.29, 0.717) is 5.92 Å². The van der Waals surface area contributed by atoms with Crippen molar-refractivity contribution in [2.75, 3.05) is 64.1 Å². The van der Waals surface area contributed by atoms with Gasteiger partial charge in [-0.3, -0.25) is 4.99 Å². The van der Waals surface area contributed by atoms with Gasteiger partial charge in [0.15, 0.2) is 5.96 Å². The topological polar surface area (TPSA) is 58.1 Å². The van der Waals surface area contributed by atoms with Crippen LogP contribution in [-0.4, -0.2) is 65.1 Å². The maximum atomic E-state index is 5.75. The van der Waals surface area contributed by atoms with Gasteiger partial charge in [-0.15, -0.1) is 0 Å². The molecule has 2 rings (SSSR count). The van der Waals surface area contributed by atoms with Gasteiger partial charge in [0.05, 0.1) is 13.2 Å². The Hall–Kier alpha value is -1.79. The zero-order valence-electron chi connectivity index (χ0n) is 17.7. The summed E-state index contributed by atoms with van der Waals surface area (Å²) >= 11 is 0. The summed E-state index contributed by atoms with van der Waals surface area (Å²) in [5.41, 5.74) is 1.28. The van der Waals surface area contributed by atoms with Crippen LogP contribution in [0.5, 0.6) is 0 Å². The third-order valence-corrected chi connectivity index (χ3v) is 4.84. The third kappa shape index (κ3) is 8.93. The fraction of sp³-hybridized carbons (Fsp3) is 0.682. The average molecular weight is 391 g/mol. The largest absolute Gasteiger partial charge is 0.381 e. The van der Waals surface area contributed by atoms with Gasteiger partial charge >= 0.3 is 0 Å². The van der Waals surface area contributed by atoms with Crippen LogP contribution in [0, 0.1) is 5.92 Å². The van der Waals surface area contributed by atoms with E-state index in [1.54, 1.807) is 0 Å². The standard InChI is InChI=1S/C22H38N4O2/c1-3-23-22(25-14-9-16-27-18-20-12-17-28-19-20)24-13-8-15-26(4-2)21-10-6-5-7-11-21/h5-7,10-11,20H,3-4,8-9,12-19H2,1-2H3,(H2,23,24,25). The fourth-order valence-electron chi connectivity index (χ4n) is 3.25. The molecular formula is C22H38N4O2. The maximum absolute atomic E-state index is 5.75. The molecule has 1 fully saturated rings. The van der Waals surface area contributed by atoms with Crippen LogP contribution in [0.25, 0.3) is 0 Å². The molecule has 0 aromatic heterocycles. The molecule has 2 N–H and O–H groups in total. The predicted molar refractivity (Wildman–Crippen MR) is 117 cm³/mol. The van der Waals surface area contributed by atoms with Crippen LogP contribution in [0.3, 0.4) is 0 Å². The van der Waals surface area contributed by atoms with E-state index in [2.05, 4.69) is 59.7 Å². The monoisotopic (exact) mass is 390 g/mol. The molecule has 158 valence electrons. The molecule has 0 bridgehead atoms. The Labute approximate surface area is 170 Å². The molecule has 1 saturated heterocycles. The molecule has 28 heavy (non-hydrogen) atoms. The number of anilines is 1. The van der Waals surface area contributed by atoms with Crippen molar-refractivity contribution in [3.8, 4) is 0 Å². The van der Waals surface area contributed by atoms with Gasteiger partial charge in [-0.25, -0.2) is 0 Å². The van der Waals surface area contributed by atoms with E-state index < -0.39 is 0 Å². The summed E-state index contributed by atoms with van der Waals surface area (Å²) in [5, 5.41) is 6.72. The Balaban J connectivity index is 1.59. The number of rotatable bonds is 13. The molecule has 0 aliphatic carbocycles. The fourth-order valence-corrected chi connectivity index (χ4v) is 3.25. The van der Waals surface area contributed by atoms with Crippen LogP contribution in [0.1, 0.15) is 33.1 Å². The van der Waals surface area contributed by atoms with Gasteiger partial charge in [0.1, 0.15) is 0 Å². The van der Waals surface area contributed by atoms with E-state index in [1.807, 2.05) is 0 Å². The number of ether oxygens (including phenoxy) is 2. The molecule has 1 aliphatic rings. The first-order chi connectivity index (χ1) is 13.8. The zero-order valence-corrected chi connectivity index (χ0v) is 17.7. The summed E-state index contributed by atoms with van der Waals surface area (Å²) in [6, 6.07) is 10.6. The van der Waals surface area contributed by atoms with Gasteiger partial charge in [-0.2, -0.15) is 0 Å². The maximum Gasteiger partial charge on any atom is 0.191 e. The van der Waals surface area contributed by atoms with E-state index in [4.69, 9.17) is 14.5 Å². The number of para-hydroxylation sites is 1. The lowest BCUT2D eigenvalue weighted by Gasteiger charge is -2.22. The van der Waals surface area contributed by atoms with E-state index in [1.165, 1.54) is 5.69 Å². The van der Waals surface area contributed by atoms with Crippen LogP contribution in [0.2, 0.25) is 0 Å². The molecule has 0 radical (unpaired) electrons. The van der Waals surface area contributed by atoms with Crippen molar-refractivity contribution in [1.29, 1.82) is 0 Å². The van der Waals surface area contributed by atoms with E-state index >= 15 is 0 Å². The van der Waals surface area contributed by atoms with Gasteiger partial charge in [0.25, 0.3) is 0 Å². The van der Waals surface area contributed by atoms with Crippen molar-refractivity contribution >= 4 is 11.6 Å². The number of hydrogen-bond donors (Lipinski definition) is 2. The second-order valence-electron chi connectivity index (χ2n) is 7.11. The van der Waals surface area contributed by atoms with Crippen LogP contribution >= 0.6 is 0 Å². The molecule has 0 spiro atoms. The summed E-state index contributed by atoms with van der Waals surface area (Å²) in [6.45, 7) is 12.2. The van der Waals surface area contributed by atoms with Gasteiger partial charge in [-0.1, -0.05) is 18.2 Å². The third-order valence-electron chi connectivity index (χ3n) is 4.84. The summed E-state index contributed by atoms with van der Waals surface area (Å²) in [7, 11) is 0. The predicted octanol–water partition coefficient (Wildman–Crippen LogP) is 2.90. The average Bonchev–Trinajstić information content (AvgIpc) is 3.24. The van der Waals surface area contributed by atoms with Crippen molar-refractivity contribution in [1.82, 2.24) is 10.6 Å². The molecule has 0 saturated carbocycles. The first kappa shape index (κ1) is 22.5. The van der Waals surface area contributed by atoms with Crippen LogP contribution in [-0.2, 0) is 9.47 Å². The molecule has 1 aromatic carbocycles. The Bertz CT molecular complexity index is 533. The van der Waals surface area contributed by atoms with Crippen molar-refractivity contribution in [3.05, 3.63) is 30.3 Å². The highest BCUT2D eigenvalue weighted by Gasteiger charge is 2.15. The Morgan fingerprint density at radius 3 is 2.79 bits per heavy atom. The normalized spacial score (nSPS) is 16.9. The minimum Gasteiger partial charge on any atom is -0.381 e. The van der Waals surface area contributed by atoms with Crippen molar-refractivity contribution in [2.45, 2.75) is 33.1 Å². The Morgan fingerprint density at radius 2 is 2.07 bits per heavy atom. The number of aliphatic imine (C=N–C) groups is 1. The Morgan fingerprint density at radius 1 is 1.21 bits per heavy atom. The molecule has 1 aliphatic heterocycles. The number of hydrogen-bond acceptors (Lipinski definition) is 4. The summed E-state index contributed by atoms with van der Waals surface area (Å²) in [6.07, 6.45) is 3.15. The quantitative estimate of drug-likeness (QED) is 0.308. The first-order valence-corrected chi connectivity index (χ1v) is 10.8. The highest BCUT2D eigenvalue weighted by Crippen LogP contribution is 2.13. The minimum absolute atomic E-state index is 0.588. The van der Waals surface area contributed by atoms with Gasteiger partial charge in [-0.05, 0) is 45.2 Å². The molecule has 1 aromatic rings. The first-order valence-electron chi connectivity index (χ1n) is 10.8. The lowest BCUT2D eigenvalue weighted by atomic mass is 10.1. The molecular weight excluding hydrogens is 352 g/mol. The Kier molecular flexibility index (Phi) is 11.4. The smallest absolute Gasteiger partial charge is 0.191 e. The van der Waals surface area contributed by atoms with Gasteiger partial charge < -0.3 is 25.0 Å². The van der Waals surface area contributed by atoms with Crippen molar-refractivity contribution < 1.29 is 9.47 Å². The number of benzene rings is 1. The van der Waals surface area contributed by atoms with Crippen molar-refractivity contribution in [3.63, 3.8) is 0 Å². The lowest BCUT2D eigenvalue weighted by molar-refractivity contribution is 0.0888. The lowest BCUT2D eigenvalue weighted by Crippen LogP contribution is -2.38. The molecule has 6 nitrogen and oxygen atoms in total. The highest BCUT2D eigenvalue weighted by atomic mass is 16.5. The van der Waals surface area contributed by atoms with E-state index in [0.717, 1.165) is 84.4 Å². The van der Waals surface area contributed by atoms with Crippen LogP contribution < -0.4 is 15.5 Å². The second-order valence-corrected chi connectivity index (χ2v) is 7.11. The summed E-state index contributed by atoms with van der Waals surface area (Å²) in [4.78, 5) is 7.10. The van der Waals surface area contributed by atoms with E-state index in [9.17, 15) is 0 Å². The molecule has 1 heterocycles. The van der Waals surface area contributed by atoms with Gasteiger partial charge in [0, 0.05) is 57.5 Å². The molecule has 0 amide bonds. The molecule has 1 unspecified atom stereocenters. The second kappa shape index (κ2) is 14.2. The minimum atomic E-state index is 0.588. The van der Waals surface area contributed by atoms with Crippen LogP contribution in [0.15, 0.2) is 35.3 Å². The van der Waals surface area contributed by atoms with Gasteiger partial charge in [0.2, 0.25) is 0 Å². The summed E-state index contributed by atoms with van der Waals surface area (Å²) < 4.78 is 11.1. The van der Waals surface area contributed by atoms with Crippen LogP contribution in [0.4, 0.5) is 5.69 Å². The number of guanidine groups is 1. The molecule has 6 heteroatoms. The zero-order chi connectivity index (χ0) is 19.9. The highest BCUT2D eigenvalue weighted by molar-refractivity contribution is 5.79. The van der Waals surface area contributed by atoms with Crippen molar-refractivity contribution in [2.24, 2.45) is 10.9 Å². The SMILES string of the molecule is CCNC(=NCCCN(CC)c1ccccc1)NCCCOCC1CCOC1. The van der Waals surface area contributed by atoms with E-state index in [-0.39, 0.29) is 0 Å².